The van der Waals surface area contributed by atoms with Crippen molar-refractivity contribution < 1.29 is 32.2 Å². The number of benzene rings is 2. The van der Waals surface area contributed by atoms with Gasteiger partial charge >= 0.3 is 12.1 Å². The lowest BCUT2D eigenvalue weighted by Gasteiger charge is -2.34. The summed E-state index contributed by atoms with van der Waals surface area (Å²) in [6.07, 6.45) is -1.19. The van der Waals surface area contributed by atoms with E-state index in [-0.39, 0.29) is 35.7 Å². The van der Waals surface area contributed by atoms with E-state index in [0.29, 0.717) is 17.2 Å². The van der Waals surface area contributed by atoms with Crippen LogP contribution in [-0.4, -0.2) is 25.0 Å². The van der Waals surface area contributed by atoms with Crippen LogP contribution in [0.15, 0.2) is 36.4 Å². The van der Waals surface area contributed by atoms with Crippen molar-refractivity contribution in [1.82, 2.24) is 0 Å². The predicted molar refractivity (Wildman–Crippen MR) is 142 cm³/mol. The molecule has 2 N–H and O–H groups in total. The number of carbonyl (C=O) groups is 2. The van der Waals surface area contributed by atoms with Gasteiger partial charge in [0.1, 0.15) is 11.5 Å². The van der Waals surface area contributed by atoms with Crippen LogP contribution in [0.4, 0.5) is 18.9 Å². The molecule has 0 unspecified atom stereocenters. The maximum atomic E-state index is 13.6. The lowest BCUT2D eigenvalue weighted by molar-refractivity contribution is -0.138. The molecule has 0 spiro atoms. The van der Waals surface area contributed by atoms with E-state index in [0.717, 1.165) is 31.7 Å². The number of methoxy groups -OCH3 is 1. The van der Waals surface area contributed by atoms with Crippen molar-refractivity contribution in [3.05, 3.63) is 53.1 Å². The van der Waals surface area contributed by atoms with Crippen LogP contribution in [0.2, 0.25) is 0 Å². The lowest BCUT2D eigenvalue weighted by Crippen LogP contribution is -2.43. The minimum atomic E-state index is -4.66. The van der Waals surface area contributed by atoms with Gasteiger partial charge in [-0.05, 0) is 81.3 Å². The highest BCUT2D eigenvalue weighted by Gasteiger charge is 2.35. The second-order valence-electron chi connectivity index (χ2n) is 9.56. The van der Waals surface area contributed by atoms with Gasteiger partial charge in [-0.1, -0.05) is 26.8 Å². The Balaban J connectivity index is 0.00000247. The minimum Gasteiger partial charge on any atom is -0.465 e. The summed E-state index contributed by atoms with van der Waals surface area (Å²) in [7, 11) is 1.21. The molecule has 2 aromatic carbocycles. The van der Waals surface area contributed by atoms with Crippen molar-refractivity contribution in [2.45, 2.75) is 79.1 Å². The molecule has 0 saturated heterocycles. The van der Waals surface area contributed by atoms with Crippen LogP contribution in [0.1, 0.15) is 81.8 Å². The predicted octanol–water partition coefficient (Wildman–Crippen LogP) is 7.34. The number of alkyl halides is 3. The summed E-state index contributed by atoms with van der Waals surface area (Å²) < 4.78 is 51.4. The van der Waals surface area contributed by atoms with Gasteiger partial charge in [0, 0.05) is 18.5 Å². The van der Waals surface area contributed by atoms with Crippen molar-refractivity contribution >= 4 is 17.6 Å². The van der Waals surface area contributed by atoms with Crippen molar-refractivity contribution in [2.75, 3.05) is 12.0 Å². The Morgan fingerprint density at radius 2 is 1.68 bits per heavy atom. The zero-order chi connectivity index (χ0) is 28.6. The number of nitrogens with two attached hydrogens (primary N) is 1. The number of esters is 1. The number of hydrogen-bond acceptors (Lipinski definition) is 5. The first-order valence-corrected chi connectivity index (χ1v) is 13.1. The summed E-state index contributed by atoms with van der Waals surface area (Å²) in [5.41, 5.74) is 5.20. The third-order valence-electron chi connectivity index (χ3n) is 6.56. The summed E-state index contributed by atoms with van der Waals surface area (Å²) in [6.45, 7) is 9.82. The molecule has 38 heavy (non-hydrogen) atoms. The Kier molecular flexibility index (Phi) is 11.2. The number of amides is 1. The van der Waals surface area contributed by atoms with E-state index < -0.39 is 23.5 Å². The molecule has 0 radical (unpaired) electrons. The van der Waals surface area contributed by atoms with Gasteiger partial charge in [-0.15, -0.1) is 0 Å². The van der Waals surface area contributed by atoms with E-state index in [1.807, 2.05) is 27.7 Å². The molecule has 1 aliphatic carbocycles. The fourth-order valence-corrected chi connectivity index (χ4v) is 4.56. The van der Waals surface area contributed by atoms with E-state index in [9.17, 15) is 22.8 Å². The largest absolute Gasteiger partial charge is 0.465 e. The zero-order valence-corrected chi connectivity index (χ0v) is 23.0. The van der Waals surface area contributed by atoms with Gasteiger partial charge in [0.2, 0.25) is 5.91 Å². The number of ether oxygens (including phenoxy) is 2. The standard InChI is InChI=1S/C27H33F3N2O4.C2H6/c1-16(2)32(25(33)19-8-5-17(3)6-9-19)23-11-10-20(14-21(23)26(34)35-4)36-24-12-7-18(15-31)13-22(24)27(28,29)30;1-2/h7,10-14,16-17,19H,5-6,8-9,15,31H2,1-4H3;1-2H3. The molecule has 1 amide bonds. The molecule has 1 saturated carbocycles. The average Bonchev–Trinajstić information content (AvgIpc) is 2.90. The number of nitrogens with zero attached hydrogens (tertiary/aromatic N) is 1. The van der Waals surface area contributed by atoms with Crippen LogP contribution in [-0.2, 0) is 22.3 Å². The molecule has 3 rings (SSSR count). The number of hydrogen-bond donors (Lipinski definition) is 1. The van der Waals surface area contributed by atoms with Gasteiger partial charge < -0.3 is 20.1 Å². The fourth-order valence-electron chi connectivity index (χ4n) is 4.56. The van der Waals surface area contributed by atoms with Crippen LogP contribution in [0.3, 0.4) is 0 Å². The van der Waals surface area contributed by atoms with Crippen molar-refractivity contribution in [1.29, 1.82) is 0 Å². The van der Waals surface area contributed by atoms with E-state index in [2.05, 4.69) is 6.92 Å². The van der Waals surface area contributed by atoms with Crippen molar-refractivity contribution in [2.24, 2.45) is 17.6 Å². The molecule has 210 valence electrons. The second-order valence-corrected chi connectivity index (χ2v) is 9.56. The maximum absolute atomic E-state index is 13.6. The van der Waals surface area contributed by atoms with E-state index >= 15 is 0 Å². The van der Waals surface area contributed by atoms with Gasteiger partial charge in [-0.3, -0.25) is 4.79 Å². The first-order valence-electron chi connectivity index (χ1n) is 13.1. The fraction of sp³-hybridized carbons (Fsp3) is 0.517. The molecule has 0 bridgehead atoms. The monoisotopic (exact) mass is 536 g/mol. The van der Waals surface area contributed by atoms with Crippen LogP contribution < -0.4 is 15.4 Å². The highest BCUT2D eigenvalue weighted by atomic mass is 19.4. The van der Waals surface area contributed by atoms with E-state index in [1.54, 1.807) is 4.90 Å². The number of halogens is 3. The average molecular weight is 537 g/mol. The molecular weight excluding hydrogens is 497 g/mol. The first-order chi connectivity index (χ1) is 18.0. The highest BCUT2D eigenvalue weighted by Crippen LogP contribution is 2.40. The maximum Gasteiger partial charge on any atom is 0.419 e. The van der Waals surface area contributed by atoms with E-state index in [4.69, 9.17) is 15.2 Å². The topological polar surface area (TPSA) is 81.9 Å². The first kappa shape index (κ1) is 31.1. The minimum absolute atomic E-state index is 0.00722. The quantitative estimate of drug-likeness (QED) is 0.375. The van der Waals surface area contributed by atoms with Crippen LogP contribution in [0.25, 0.3) is 0 Å². The molecule has 9 heteroatoms. The Labute approximate surface area is 223 Å². The molecule has 2 aromatic rings. The van der Waals surface area contributed by atoms with Gasteiger partial charge in [0.15, 0.2) is 0 Å². The zero-order valence-electron chi connectivity index (χ0n) is 23.0. The van der Waals surface area contributed by atoms with E-state index in [1.165, 1.54) is 37.4 Å². The third-order valence-corrected chi connectivity index (χ3v) is 6.56. The molecule has 6 nitrogen and oxygen atoms in total. The third kappa shape index (κ3) is 7.49. The van der Waals surface area contributed by atoms with Gasteiger partial charge in [-0.2, -0.15) is 13.2 Å². The number of rotatable bonds is 7. The lowest BCUT2D eigenvalue weighted by atomic mass is 9.82. The Morgan fingerprint density at radius 3 is 2.21 bits per heavy atom. The summed E-state index contributed by atoms with van der Waals surface area (Å²) in [6, 6.07) is 7.61. The normalized spacial score (nSPS) is 17.3. The summed E-state index contributed by atoms with van der Waals surface area (Å²) in [4.78, 5) is 27.8. The molecule has 0 aromatic heterocycles. The highest BCUT2D eigenvalue weighted by molar-refractivity contribution is 6.04. The van der Waals surface area contributed by atoms with Gasteiger partial charge in [-0.25, -0.2) is 4.79 Å². The molecule has 1 aliphatic rings. The molecule has 0 atom stereocenters. The molecule has 1 fully saturated rings. The summed E-state index contributed by atoms with van der Waals surface area (Å²) >= 11 is 0. The summed E-state index contributed by atoms with van der Waals surface area (Å²) in [5.74, 6) is -0.790. The smallest absolute Gasteiger partial charge is 0.419 e. The van der Waals surface area contributed by atoms with Gasteiger partial charge in [0.25, 0.3) is 0 Å². The number of carbonyl (C=O) groups excluding carboxylic acids is 2. The Hall–Kier alpha value is -3.07. The Morgan fingerprint density at radius 1 is 1.05 bits per heavy atom. The Bertz CT molecular complexity index is 1090. The molecule has 0 heterocycles. The summed E-state index contributed by atoms with van der Waals surface area (Å²) in [5, 5.41) is 0. The second kappa shape index (κ2) is 13.6. The van der Waals surface area contributed by atoms with Gasteiger partial charge in [0.05, 0.1) is 23.9 Å². The van der Waals surface area contributed by atoms with Crippen molar-refractivity contribution in [3.8, 4) is 11.5 Å². The van der Waals surface area contributed by atoms with Crippen molar-refractivity contribution in [3.63, 3.8) is 0 Å². The van der Waals surface area contributed by atoms with Crippen LogP contribution in [0.5, 0.6) is 11.5 Å². The van der Waals surface area contributed by atoms with Crippen LogP contribution in [0, 0.1) is 11.8 Å². The molecule has 0 aliphatic heterocycles. The van der Waals surface area contributed by atoms with Crippen LogP contribution >= 0.6 is 0 Å². The molecular formula is C29H39F3N2O4. The SMILES string of the molecule is CC.COC(=O)c1cc(Oc2ccc(CN)cc2C(F)(F)F)ccc1N(C(=O)C1CCC(C)CC1)C(C)C. The number of anilines is 1.